The molecule has 0 N–H and O–H groups in total. The van der Waals surface area contributed by atoms with Crippen LogP contribution in [0.15, 0.2) is 24.3 Å². The molecule has 0 spiro atoms. The van der Waals surface area contributed by atoms with Crippen LogP contribution in [0.25, 0.3) is 6.08 Å². The van der Waals surface area contributed by atoms with Crippen molar-refractivity contribution >= 4 is 6.08 Å². The highest BCUT2D eigenvalue weighted by atomic mass is 19.1. The van der Waals surface area contributed by atoms with E-state index in [1.54, 1.807) is 19.1 Å². The van der Waals surface area contributed by atoms with E-state index in [2.05, 4.69) is 0 Å². The predicted octanol–water partition coefficient (Wildman–Crippen LogP) is 2.67. The first-order valence-corrected chi connectivity index (χ1v) is 3.57. The van der Waals surface area contributed by atoms with Crippen molar-refractivity contribution < 1.29 is 4.39 Å². The summed E-state index contributed by atoms with van der Waals surface area (Å²) in [5, 5.41) is 8.25. The van der Waals surface area contributed by atoms with Gasteiger partial charge in [-0.15, -0.1) is 0 Å². The normalized spacial score (nSPS) is 10.1. The highest BCUT2D eigenvalue weighted by Crippen LogP contribution is 2.13. The van der Waals surface area contributed by atoms with Crippen LogP contribution in [0.4, 0.5) is 4.39 Å². The fraction of sp³-hybridized carbons (Fsp3) is 0.100. The summed E-state index contributed by atoms with van der Waals surface area (Å²) in [6, 6.07) is 6.66. The minimum atomic E-state index is -0.290. The van der Waals surface area contributed by atoms with Crippen molar-refractivity contribution in [2.45, 2.75) is 6.92 Å². The van der Waals surface area contributed by atoms with E-state index in [1.165, 1.54) is 18.2 Å². The summed E-state index contributed by atoms with van der Waals surface area (Å²) in [7, 11) is 0. The van der Waals surface area contributed by atoms with Gasteiger partial charge in [0.2, 0.25) is 0 Å². The smallest absolute Gasteiger partial charge is 0.130 e. The number of benzene rings is 1. The molecule has 1 rings (SSSR count). The summed E-state index contributed by atoms with van der Waals surface area (Å²) in [5.74, 6) is -0.290. The lowest BCUT2D eigenvalue weighted by Crippen LogP contribution is -1.85. The van der Waals surface area contributed by atoms with Crippen molar-refractivity contribution in [1.29, 1.82) is 5.26 Å². The summed E-state index contributed by atoms with van der Waals surface area (Å²) in [4.78, 5) is 0. The highest BCUT2D eigenvalue weighted by molar-refractivity contribution is 5.56. The van der Waals surface area contributed by atoms with Gasteiger partial charge in [0.05, 0.1) is 6.07 Å². The molecule has 0 aliphatic heterocycles. The van der Waals surface area contributed by atoms with Gasteiger partial charge in [0.15, 0.2) is 0 Å². The van der Waals surface area contributed by atoms with Crippen LogP contribution < -0.4 is 0 Å². The van der Waals surface area contributed by atoms with Gasteiger partial charge in [0.25, 0.3) is 0 Å². The Hall–Kier alpha value is -1.62. The first kappa shape index (κ1) is 8.48. The maximum absolute atomic E-state index is 13.0. The van der Waals surface area contributed by atoms with E-state index in [-0.39, 0.29) is 5.82 Å². The summed E-state index contributed by atoms with van der Waals surface area (Å²) in [6.45, 7) is 1.81. The van der Waals surface area contributed by atoms with Crippen LogP contribution in [0.1, 0.15) is 11.1 Å². The summed E-state index contributed by atoms with van der Waals surface area (Å²) in [5.41, 5.74) is 1.32. The lowest BCUT2D eigenvalue weighted by molar-refractivity contribution is 0.624. The molecule has 1 nitrogen and oxygen atoms in total. The molecule has 0 aliphatic carbocycles. The van der Waals surface area contributed by atoms with Gasteiger partial charge in [-0.2, -0.15) is 5.26 Å². The number of allylic oxidation sites excluding steroid dienone is 1. The number of nitrogens with zero attached hydrogens (tertiary/aromatic N) is 1. The molecule has 0 aliphatic rings. The highest BCUT2D eigenvalue weighted by Gasteiger charge is 1.99. The number of aryl methyl sites for hydroxylation is 1. The summed E-state index contributed by atoms with van der Waals surface area (Å²) < 4.78 is 13.0. The number of hydrogen-bond donors (Lipinski definition) is 0. The lowest BCUT2D eigenvalue weighted by atomic mass is 10.1. The Morgan fingerprint density at radius 3 is 2.83 bits per heavy atom. The van der Waals surface area contributed by atoms with E-state index in [4.69, 9.17) is 5.26 Å². The van der Waals surface area contributed by atoms with Crippen LogP contribution in [0.2, 0.25) is 0 Å². The Kier molecular flexibility index (Phi) is 2.60. The fourth-order valence-corrected chi connectivity index (χ4v) is 0.977. The molecular weight excluding hydrogens is 153 g/mol. The van der Waals surface area contributed by atoms with Crippen molar-refractivity contribution in [3.63, 3.8) is 0 Å². The predicted molar refractivity (Wildman–Crippen MR) is 45.8 cm³/mol. The Balaban J connectivity index is 3.15. The van der Waals surface area contributed by atoms with Crippen LogP contribution in [-0.2, 0) is 0 Å². The standard InChI is InChI=1S/C10H8FN/c1-8-4-2-6-10(11)9(8)5-3-7-12/h2-6H,1H3/b5-3+. The van der Waals surface area contributed by atoms with E-state index in [9.17, 15) is 4.39 Å². The zero-order chi connectivity index (χ0) is 8.97. The molecule has 0 aromatic heterocycles. The maximum atomic E-state index is 13.0. The largest absolute Gasteiger partial charge is 0.206 e. The summed E-state index contributed by atoms with van der Waals surface area (Å²) >= 11 is 0. The molecule has 0 unspecified atom stereocenters. The molecule has 0 fully saturated rings. The van der Waals surface area contributed by atoms with Crippen LogP contribution in [0.5, 0.6) is 0 Å². The molecule has 0 saturated carbocycles. The quantitative estimate of drug-likeness (QED) is 0.581. The zero-order valence-electron chi connectivity index (χ0n) is 6.71. The number of hydrogen-bond acceptors (Lipinski definition) is 1. The van der Waals surface area contributed by atoms with Gasteiger partial charge in [-0.1, -0.05) is 12.1 Å². The summed E-state index contributed by atoms with van der Waals surface area (Å²) in [6.07, 6.45) is 2.75. The molecule has 0 saturated heterocycles. The molecule has 2 heteroatoms. The zero-order valence-corrected chi connectivity index (χ0v) is 6.71. The Morgan fingerprint density at radius 1 is 1.50 bits per heavy atom. The molecule has 1 aromatic rings. The molecule has 12 heavy (non-hydrogen) atoms. The van der Waals surface area contributed by atoms with Crippen molar-refractivity contribution in [1.82, 2.24) is 0 Å². The van der Waals surface area contributed by atoms with Crippen molar-refractivity contribution in [3.05, 3.63) is 41.2 Å². The van der Waals surface area contributed by atoms with E-state index >= 15 is 0 Å². The second-order valence-corrected chi connectivity index (χ2v) is 2.43. The second kappa shape index (κ2) is 3.68. The Labute approximate surface area is 70.8 Å². The van der Waals surface area contributed by atoms with Gasteiger partial charge in [-0.25, -0.2) is 4.39 Å². The van der Waals surface area contributed by atoms with Gasteiger partial charge in [-0.3, -0.25) is 0 Å². The average Bonchev–Trinajstić information content (AvgIpc) is 2.04. The third-order valence-electron chi connectivity index (χ3n) is 1.60. The SMILES string of the molecule is Cc1cccc(F)c1/C=C/C#N. The van der Waals surface area contributed by atoms with Gasteiger partial charge in [-0.05, 0) is 24.6 Å². The molecule has 0 heterocycles. The third-order valence-corrected chi connectivity index (χ3v) is 1.60. The Morgan fingerprint density at radius 2 is 2.25 bits per heavy atom. The van der Waals surface area contributed by atoms with Crippen LogP contribution in [0, 0.1) is 24.1 Å². The van der Waals surface area contributed by atoms with Gasteiger partial charge in [0, 0.05) is 11.6 Å². The number of nitriles is 1. The molecule has 0 atom stereocenters. The van der Waals surface area contributed by atoms with E-state index in [1.807, 2.05) is 6.07 Å². The molecule has 0 radical (unpaired) electrons. The number of rotatable bonds is 1. The monoisotopic (exact) mass is 161 g/mol. The molecule has 0 bridgehead atoms. The molecule has 60 valence electrons. The Bertz CT molecular complexity index is 327. The van der Waals surface area contributed by atoms with E-state index in [0.29, 0.717) is 5.56 Å². The molecule has 0 amide bonds. The third kappa shape index (κ3) is 1.70. The van der Waals surface area contributed by atoms with Gasteiger partial charge < -0.3 is 0 Å². The number of halogens is 1. The van der Waals surface area contributed by atoms with Crippen molar-refractivity contribution in [2.75, 3.05) is 0 Å². The van der Waals surface area contributed by atoms with Crippen molar-refractivity contribution in [3.8, 4) is 6.07 Å². The second-order valence-electron chi connectivity index (χ2n) is 2.43. The van der Waals surface area contributed by atoms with Gasteiger partial charge >= 0.3 is 0 Å². The average molecular weight is 161 g/mol. The van der Waals surface area contributed by atoms with E-state index < -0.39 is 0 Å². The van der Waals surface area contributed by atoms with E-state index in [0.717, 1.165) is 5.56 Å². The fourth-order valence-electron chi connectivity index (χ4n) is 0.977. The first-order valence-electron chi connectivity index (χ1n) is 3.57. The maximum Gasteiger partial charge on any atom is 0.130 e. The molecular formula is C10H8FN. The molecule has 1 aromatic carbocycles. The minimum absolute atomic E-state index is 0.290. The van der Waals surface area contributed by atoms with Crippen LogP contribution in [-0.4, -0.2) is 0 Å². The minimum Gasteiger partial charge on any atom is -0.206 e. The van der Waals surface area contributed by atoms with Gasteiger partial charge in [0.1, 0.15) is 5.82 Å². The van der Waals surface area contributed by atoms with Crippen LogP contribution >= 0.6 is 0 Å². The van der Waals surface area contributed by atoms with Crippen LogP contribution in [0.3, 0.4) is 0 Å². The lowest BCUT2D eigenvalue weighted by Gasteiger charge is -1.99. The van der Waals surface area contributed by atoms with Crippen molar-refractivity contribution in [2.24, 2.45) is 0 Å². The first-order chi connectivity index (χ1) is 5.75. The topological polar surface area (TPSA) is 23.8 Å².